The van der Waals surface area contributed by atoms with Gasteiger partial charge < -0.3 is 10.4 Å². The van der Waals surface area contributed by atoms with E-state index >= 15 is 0 Å². The Bertz CT molecular complexity index is 324. The maximum Gasteiger partial charge on any atom is 0.0959 e. The van der Waals surface area contributed by atoms with Crippen LogP contribution in [0.1, 0.15) is 13.8 Å². The SMILES string of the molecule is CC(CO)=NC(=C\S)/C(C)=C/NC(P)=S. The van der Waals surface area contributed by atoms with E-state index < -0.39 is 0 Å². The van der Waals surface area contributed by atoms with Crippen molar-refractivity contribution in [3.05, 3.63) is 22.9 Å². The molecular formula is C9H15N2OPS2. The molecule has 1 atom stereocenters. The molecule has 0 aliphatic carbocycles. The molecule has 6 heteroatoms. The summed E-state index contributed by atoms with van der Waals surface area (Å²) in [4.78, 5) is 4.18. The summed E-state index contributed by atoms with van der Waals surface area (Å²) in [7, 11) is 2.38. The number of rotatable bonds is 4. The fraction of sp³-hybridized carbons (Fsp3) is 0.333. The van der Waals surface area contributed by atoms with Crippen molar-refractivity contribution in [3.8, 4) is 0 Å². The third-order valence-corrected chi connectivity index (χ3v) is 2.03. The zero-order valence-corrected chi connectivity index (χ0v) is 11.6. The molecule has 1 unspecified atom stereocenters. The molecule has 0 radical (unpaired) electrons. The van der Waals surface area contributed by atoms with Crippen molar-refractivity contribution in [1.29, 1.82) is 0 Å². The van der Waals surface area contributed by atoms with Gasteiger partial charge in [-0.2, -0.15) is 0 Å². The second-order valence-electron chi connectivity index (χ2n) is 2.86. The maximum absolute atomic E-state index is 8.84. The fourth-order valence-corrected chi connectivity index (χ4v) is 1.12. The van der Waals surface area contributed by atoms with Gasteiger partial charge in [0.15, 0.2) is 0 Å². The molecule has 0 fully saturated rings. The third-order valence-electron chi connectivity index (χ3n) is 1.50. The van der Waals surface area contributed by atoms with Gasteiger partial charge in [0, 0.05) is 11.9 Å². The summed E-state index contributed by atoms with van der Waals surface area (Å²) in [6.07, 6.45) is 1.74. The monoisotopic (exact) mass is 262 g/mol. The first kappa shape index (κ1) is 14.8. The molecule has 84 valence electrons. The highest BCUT2D eigenvalue weighted by molar-refractivity contribution is 7.89. The summed E-state index contributed by atoms with van der Waals surface area (Å²) in [6, 6.07) is 0. The molecule has 0 rings (SSSR count). The fourth-order valence-electron chi connectivity index (χ4n) is 0.713. The van der Waals surface area contributed by atoms with Gasteiger partial charge in [-0.25, -0.2) is 0 Å². The van der Waals surface area contributed by atoms with Crippen LogP contribution in [0.4, 0.5) is 0 Å². The number of hydrogen-bond acceptors (Lipinski definition) is 4. The number of aliphatic hydroxyl groups is 1. The van der Waals surface area contributed by atoms with E-state index in [1.165, 1.54) is 0 Å². The van der Waals surface area contributed by atoms with Crippen molar-refractivity contribution in [1.82, 2.24) is 5.32 Å². The van der Waals surface area contributed by atoms with Gasteiger partial charge in [0.25, 0.3) is 0 Å². The van der Waals surface area contributed by atoms with E-state index in [4.69, 9.17) is 17.3 Å². The first-order valence-corrected chi connectivity index (χ1v) is 5.74. The molecule has 0 amide bonds. The van der Waals surface area contributed by atoms with E-state index in [1.54, 1.807) is 18.5 Å². The second-order valence-corrected chi connectivity index (χ2v) is 4.55. The minimum atomic E-state index is -0.0616. The van der Waals surface area contributed by atoms with Gasteiger partial charge >= 0.3 is 0 Å². The molecule has 0 heterocycles. The highest BCUT2D eigenvalue weighted by Crippen LogP contribution is 2.11. The summed E-state index contributed by atoms with van der Waals surface area (Å²) in [5.41, 5.74) is 2.22. The highest BCUT2D eigenvalue weighted by atomic mass is 32.1. The zero-order valence-electron chi connectivity index (χ0n) is 8.69. The lowest BCUT2D eigenvalue weighted by Gasteiger charge is -2.04. The van der Waals surface area contributed by atoms with Crippen LogP contribution in [0.2, 0.25) is 0 Å². The van der Waals surface area contributed by atoms with Gasteiger partial charge in [-0.05, 0) is 24.8 Å². The summed E-state index contributed by atoms with van der Waals surface area (Å²) < 4.78 is 0.607. The van der Waals surface area contributed by atoms with Gasteiger partial charge in [-0.1, -0.05) is 21.5 Å². The molecule has 0 spiro atoms. The van der Waals surface area contributed by atoms with Gasteiger partial charge in [0.05, 0.1) is 17.0 Å². The molecule has 0 saturated heterocycles. The quantitative estimate of drug-likeness (QED) is 0.238. The predicted molar refractivity (Wildman–Crippen MR) is 76.5 cm³/mol. The topological polar surface area (TPSA) is 44.6 Å². The Hall–Kier alpha value is -0.220. The minimum absolute atomic E-state index is 0.0616. The Labute approximate surface area is 103 Å². The molecule has 0 aliphatic heterocycles. The summed E-state index contributed by atoms with van der Waals surface area (Å²) in [6.45, 7) is 3.57. The van der Waals surface area contributed by atoms with Crippen LogP contribution in [-0.4, -0.2) is 22.2 Å². The first-order valence-electron chi connectivity index (χ1n) is 4.23. The number of aliphatic hydroxyl groups excluding tert-OH is 1. The van der Waals surface area contributed by atoms with E-state index in [1.807, 2.05) is 6.92 Å². The molecular weight excluding hydrogens is 247 g/mol. The van der Waals surface area contributed by atoms with Crippen molar-refractivity contribution in [2.45, 2.75) is 13.8 Å². The third kappa shape index (κ3) is 6.79. The first-order chi connectivity index (χ1) is 7.01. The normalized spacial score (nSPS) is 14.1. The molecule has 0 saturated carbocycles. The zero-order chi connectivity index (χ0) is 11.8. The lowest BCUT2D eigenvalue weighted by atomic mass is 10.2. The van der Waals surface area contributed by atoms with Gasteiger partial charge in [-0.3, -0.25) is 4.99 Å². The summed E-state index contributed by atoms with van der Waals surface area (Å²) >= 11 is 8.90. The van der Waals surface area contributed by atoms with Gasteiger partial charge in [0.1, 0.15) is 0 Å². The van der Waals surface area contributed by atoms with Crippen LogP contribution in [0.5, 0.6) is 0 Å². The predicted octanol–water partition coefficient (Wildman–Crippen LogP) is 1.86. The number of thiol groups is 1. The minimum Gasteiger partial charge on any atom is -0.390 e. The molecule has 0 bridgehead atoms. The lowest BCUT2D eigenvalue weighted by Crippen LogP contribution is -2.07. The molecule has 0 aliphatic rings. The number of thiocarbonyl (C=S) groups is 1. The second kappa shape index (κ2) is 7.99. The van der Waals surface area contributed by atoms with Crippen molar-refractivity contribution in [3.63, 3.8) is 0 Å². The van der Waals surface area contributed by atoms with Crippen molar-refractivity contribution >= 4 is 44.5 Å². The van der Waals surface area contributed by atoms with E-state index in [0.29, 0.717) is 16.1 Å². The van der Waals surface area contributed by atoms with Gasteiger partial charge in [0.2, 0.25) is 0 Å². The Morgan fingerprint density at radius 1 is 1.60 bits per heavy atom. The Morgan fingerprint density at radius 3 is 2.60 bits per heavy atom. The van der Waals surface area contributed by atoms with Crippen molar-refractivity contribution < 1.29 is 5.11 Å². The van der Waals surface area contributed by atoms with Crippen LogP contribution in [-0.2, 0) is 0 Å². The molecule has 15 heavy (non-hydrogen) atoms. The summed E-state index contributed by atoms with van der Waals surface area (Å²) in [5.74, 6) is 0. The Morgan fingerprint density at radius 2 is 2.20 bits per heavy atom. The van der Waals surface area contributed by atoms with E-state index in [0.717, 1.165) is 5.57 Å². The van der Waals surface area contributed by atoms with Crippen LogP contribution in [0.15, 0.2) is 27.9 Å². The van der Waals surface area contributed by atoms with Crippen molar-refractivity contribution in [2.75, 3.05) is 6.61 Å². The largest absolute Gasteiger partial charge is 0.390 e. The smallest absolute Gasteiger partial charge is 0.0959 e. The van der Waals surface area contributed by atoms with E-state index in [2.05, 4.69) is 32.2 Å². The number of hydrogen-bond donors (Lipinski definition) is 3. The average Bonchev–Trinajstić information content (AvgIpc) is 2.21. The van der Waals surface area contributed by atoms with Crippen LogP contribution in [0, 0.1) is 0 Å². The molecule has 0 aromatic heterocycles. The van der Waals surface area contributed by atoms with Crippen LogP contribution in [0.3, 0.4) is 0 Å². The lowest BCUT2D eigenvalue weighted by molar-refractivity contribution is 0.357. The van der Waals surface area contributed by atoms with Gasteiger partial charge in [-0.15, -0.1) is 12.6 Å². The molecule has 2 N–H and O–H groups in total. The van der Waals surface area contributed by atoms with E-state index in [9.17, 15) is 0 Å². The number of allylic oxidation sites excluding steroid dienone is 1. The average molecular weight is 262 g/mol. The molecule has 0 aromatic rings. The van der Waals surface area contributed by atoms with Crippen LogP contribution >= 0.6 is 34.1 Å². The highest BCUT2D eigenvalue weighted by Gasteiger charge is 1.98. The standard InChI is InChI=1S/C9H15N2OPS2/c1-6(3-10-9(13)15)8(5-14)11-7(2)4-12/h3,5,12,14H,4,13H2,1-2H3,(H,10,15)/b6-3+,8-5-,11-7?. The Balaban J connectivity index is 4.70. The van der Waals surface area contributed by atoms with E-state index in [-0.39, 0.29) is 6.61 Å². The number of nitrogens with one attached hydrogen (secondary N) is 1. The summed E-state index contributed by atoms with van der Waals surface area (Å²) in [5, 5.41) is 13.3. The number of aliphatic imine (C=N–C) groups is 1. The maximum atomic E-state index is 8.84. The van der Waals surface area contributed by atoms with Crippen molar-refractivity contribution in [2.24, 2.45) is 4.99 Å². The molecule has 3 nitrogen and oxygen atoms in total. The Kier molecular flexibility index (Phi) is 7.88. The van der Waals surface area contributed by atoms with Crippen LogP contribution < -0.4 is 5.32 Å². The number of nitrogens with zero attached hydrogens (tertiary/aromatic N) is 1. The molecule has 0 aromatic carbocycles. The van der Waals surface area contributed by atoms with Crippen LogP contribution in [0.25, 0.3) is 0 Å².